The number of nitrogens with one attached hydrogen (secondary N) is 1. The van der Waals surface area contributed by atoms with Gasteiger partial charge in [-0.05, 0) is 47.9 Å². The Bertz CT molecular complexity index is 1400. The number of hydrogen-bond acceptors (Lipinski definition) is 8. The molecule has 3 N–H and O–H groups in total. The number of carbonyl (C=O) groups is 2. The molecular weight excluding hydrogens is 455 g/mol. The summed E-state index contributed by atoms with van der Waals surface area (Å²) >= 11 is 0. The molecule has 180 valence electrons. The molecule has 0 atom stereocenters. The minimum absolute atomic E-state index is 0.0690. The number of aryl methyl sites for hydroxylation is 1. The number of fused-ring (bicyclic) bond motifs is 2. The minimum atomic E-state index is -0.454. The fraction of sp³-hybridized carbons (Fsp3) is 0.208. The van der Waals surface area contributed by atoms with Crippen LogP contribution in [0.15, 0.2) is 48.8 Å². The van der Waals surface area contributed by atoms with Crippen molar-refractivity contribution >= 4 is 17.5 Å². The van der Waals surface area contributed by atoms with Gasteiger partial charge in [-0.25, -0.2) is 9.37 Å². The summed E-state index contributed by atoms with van der Waals surface area (Å²) in [7, 11) is 0. The van der Waals surface area contributed by atoms with E-state index in [0.717, 1.165) is 22.6 Å². The van der Waals surface area contributed by atoms with Gasteiger partial charge in [0, 0.05) is 20.0 Å². The second kappa shape index (κ2) is 10.3. The molecule has 2 aromatic carbocycles. The lowest BCUT2D eigenvalue weighted by Crippen LogP contribution is -2.25. The number of Topliss-reactive ketones (excluding diaryl/α,β-unsaturated/α-hetero) is 1. The van der Waals surface area contributed by atoms with Gasteiger partial charge in [0.2, 0.25) is 6.79 Å². The molecule has 1 aliphatic heterocycles. The van der Waals surface area contributed by atoms with Crippen molar-refractivity contribution in [3.63, 3.8) is 0 Å². The number of ketones is 1. The number of nitrogens with zero attached hydrogens (tertiary/aromatic N) is 4. The highest BCUT2D eigenvalue weighted by Gasteiger charge is 2.16. The molecule has 1 aliphatic rings. The first-order valence-electron chi connectivity index (χ1n) is 10.7. The number of rotatable bonds is 5. The maximum absolute atomic E-state index is 13.3. The van der Waals surface area contributed by atoms with E-state index in [0.29, 0.717) is 18.9 Å². The van der Waals surface area contributed by atoms with Crippen molar-refractivity contribution in [1.82, 2.24) is 24.9 Å². The second-order valence-corrected chi connectivity index (χ2v) is 7.71. The monoisotopic (exact) mass is 478 g/mol. The Morgan fingerprint density at radius 1 is 1.11 bits per heavy atom. The van der Waals surface area contributed by atoms with Gasteiger partial charge >= 0.3 is 0 Å². The minimum Gasteiger partial charge on any atom is -0.454 e. The Hall–Kier alpha value is -4.38. The molecule has 4 aromatic rings. The summed E-state index contributed by atoms with van der Waals surface area (Å²) in [5, 5.41) is 6.60. The van der Waals surface area contributed by atoms with E-state index in [2.05, 4.69) is 20.4 Å². The van der Waals surface area contributed by atoms with Crippen molar-refractivity contribution in [3.05, 3.63) is 82.7 Å². The topological polar surface area (TPSA) is 134 Å². The molecule has 0 fully saturated rings. The molecule has 0 spiro atoms. The molecule has 2 aromatic heterocycles. The fourth-order valence-electron chi connectivity index (χ4n) is 3.34. The number of hydrogen-bond donors (Lipinski definition) is 2. The van der Waals surface area contributed by atoms with Crippen LogP contribution in [-0.2, 0) is 13.1 Å². The van der Waals surface area contributed by atoms with Gasteiger partial charge in [-0.2, -0.15) is 14.6 Å². The zero-order valence-electron chi connectivity index (χ0n) is 19.1. The molecule has 0 aliphatic carbocycles. The molecular formula is C24H23FN6O4. The van der Waals surface area contributed by atoms with Gasteiger partial charge in [-0.15, -0.1) is 0 Å². The van der Waals surface area contributed by atoms with E-state index in [1.54, 1.807) is 19.1 Å². The molecule has 5 rings (SSSR count). The van der Waals surface area contributed by atoms with Gasteiger partial charge in [0.25, 0.3) is 11.7 Å². The first-order chi connectivity index (χ1) is 16.9. The van der Waals surface area contributed by atoms with Gasteiger partial charge in [0.15, 0.2) is 17.3 Å². The number of ether oxygens (including phenoxy) is 2. The van der Waals surface area contributed by atoms with E-state index in [9.17, 15) is 14.0 Å². The number of halogens is 1. The van der Waals surface area contributed by atoms with Gasteiger partial charge in [-0.1, -0.05) is 18.2 Å². The van der Waals surface area contributed by atoms with Crippen LogP contribution in [0.3, 0.4) is 0 Å². The zero-order valence-corrected chi connectivity index (χ0v) is 19.1. The molecule has 0 unspecified atom stereocenters. The predicted molar refractivity (Wildman–Crippen MR) is 124 cm³/mol. The lowest BCUT2D eigenvalue weighted by atomic mass is 10.1. The summed E-state index contributed by atoms with van der Waals surface area (Å²) in [6, 6.07) is 11.7. The van der Waals surface area contributed by atoms with Crippen LogP contribution in [0.4, 0.5) is 4.39 Å². The highest BCUT2D eigenvalue weighted by atomic mass is 19.1. The maximum Gasteiger partial charge on any atom is 0.270 e. The highest BCUT2D eigenvalue weighted by Crippen LogP contribution is 2.32. The van der Waals surface area contributed by atoms with Crippen LogP contribution in [0.25, 0.3) is 5.78 Å². The first-order valence-corrected chi connectivity index (χ1v) is 10.7. The number of carbonyl (C=O) groups excluding carboxylic acids is 2. The van der Waals surface area contributed by atoms with Gasteiger partial charge < -0.3 is 20.5 Å². The molecule has 0 saturated heterocycles. The van der Waals surface area contributed by atoms with Gasteiger partial charge in [-0.3, -0.25) is 9.59 Å². The smallest absolute Gasteiger partial charge is 0.270 e. The Morgan fingerprint density at radius 3 is 2.63 bits per heavy atom. The third kappa shape index (κ3) is 5.41. The maximum atomic E-state index is 13.3. The molecule has 11 heteroatoms. The zero-order chi connectivity index (χ0) is 24.9. The van der Waals surface area contributed by atoms with Crippen molar-refractivity contribution in [2.75, 3.05) is 6.79 Å². The van der Waals surface area contributed by atoms with Crippen LogP contribution >= 0.6 is 0 Å². The largest absolute Gasteiger partial charge is 0.454 e. The number of aromatic nitrogens is 4. The first kappa shape index (κ1) is 23.8. The summed E-state index contributed by atoms with van der Waals surface area (Å²) in [4.78, 5) is 32.0. The molecule has 3 heterocycles. The van der Waals surface area contributed by atoms with E-state index in [1.807, 2.05) is 18.2 Å². The average molecular weight is 478 g/mol. The Labute approximate surface area is 199 Å². The van der Waals surface area contributed by atoms with Crippen molar-refractivity contribution in [1.29, 1.82) is 0 Å². The number of benzene rings is 2. The summed E-state index contributed by atoms with van der Waals surface area (Å²) < 4.78 is 24.8. The van der Waals surface area contributed by atoms with E-state index < -0.39 is 5.91 Å². The summed E-state index contributed by atoms with van der Waals surface area (Å²) in [6.45, 7) is 4.11. The number of amides is 1. The molecule has 0 bridgehead atoms. The van der Waals surface area contributed by atoms with E-state index >= 15 is 0 Å². The van der Waals surface area contributed by atoms with Crippen molar-refractivity contribution in [2.24, 2.45) is 5.73 Å². The summed E-state index contributed by atoms with van der Waals surface area (Å²) in [5.74, 6) is 0.775. The predicted octanol–water partition coefficient (Wildman–Crippen LogP) is 2.58. The van der Waals surface area contributed by atoms with Crippen molar-refractivity contribution in [3.8, 4) is 11.5 Å². The van der Waals surface area contributed by atoms with Crippen LogP contribution in [0.2, 0.25) is 0 Å². The molecule has 0 radical (unpaired) electrons. The van der Waals surface area contributed by atoms with Gasteiger partial charge in [0.05, 0.1) is 0 Å². The van der Waals surface area contributed by atoms with E-state index in [1.165, 1.54) is 29.9 Å². The normalized spacial score (nSPS) is 11.7. The van der Waals surface area contributed by atoms with Crippen molar-refractivity contribution < 1.29 is 23.5 Å². The number of nitrogens with two attached hydrogens (primary N) is 1. The second-order valence-electron chi connectivity index (χ2n) is 7.71. The molecule has 10 nitrogen and oxygen atoms in total. The van der Waals surface area contributed by atoms with Crippen LogP contribution in [0.5, 0.6) is 11.5 Å². The molecule has 35 heavy (non-hydrogen) atoms. The van der Waals surface area contributed by atoms with E-state index in [-0.39, 0.29) is 35.3 Å². The molecule has 0 saturated carbocycles. The Morgan fingerprint density at radius 2 is 1.89 bits per heavy atom. The standard InChI is InChI=1S/C16H14FN5O2.C8H9NO2/c1-9-5-11(3-4-12(9)17)7-18-15(24)13-6-14(10(2)23)22-16(21-13)19-8-20-22;9-4-6-1-2-7-8(3-6)11-5-10-7/h3-6,8H,7H2,1-2H3,(H,18,24);1-3H,4-5,9H2. The quantitative estimate of drug-likeness (QED) is 0.418. The lowest BCUT2D eigenvalue weighted by Gasteiger charge is -2.07. The third-order valence-corrected chi connectivity index (χ3v) is 5.19. The van der Waals surface area contributed by atoms with Crippen LogP contribution in [0, 0.1) is 12.7 Å². The lowest BCUT2D eigenvalue weighted by molar-refractivity contribution is 0.0946. The van der Waals surface area contributed by atoms with Crippen LogP contribution in [-0.4, -0.2) is 38.1 Å². The van der Waals surface area contributed by atoms with Gasteiger partial charge in [0.1, 0.15) is 23.5 Å². The SMILES string of the molecule is CC(=O)c1cc(C(=O)NCc2ccc(F)c(C)c2)nc2ncnn12.NCc1ccc2c(c1)OCO2. The fourth-order valence-corrected chi connectivity index (χ4v) is 3.34. The average Bonchev–Trinajstić information content (AvgIpc) is 3.53. The van der Waals surface area contributed by atoms with Crippen LogP contribution < -0.4 is 20.5 Å². The van der Waals surface area contributed by atoms with Crippen LogP contribution in [0.1, 0.15) is 44.6 Å². The van der Waals surface area contributed by atoms with Crippen molar-refractivity contribution in [2.45, 2.75) is 26.9 Å². The van der Waals surface area contributed by atoms with E-state index in [4.69, 9.17) is 15.2 Å². The Balaban J connectivity index is 0.000000218. The summed E-state index contributed by atoms with van der Waals surface area (Å²) in [6.07, 6.45) is 1.26. The molecule has 1 amide bonds. The third-order valence-electron chi connectivity index (χ3n) is 5.19. The highest BCUT2D eigenvalue weighted by molar-refractivity contribution is 5.98. The summed E-state index contributed by atoms with van der Waals surface area (Å²) in [5.41, 5.74) is 8.07. The Kier molecular flexibility index (Phi) is 6.97.